The van der Waals surface area contributed by atoms with Gasteiger partial charge in [0.2, 0.25) is 0 Å². The van der Waals surface area contributed by atoms with Gasteiger partial charge in [-0.1, -0.05) is 58.1 Å². The lowest BCUT2D eigenvalue weighted by molar-refractivity contribution is 0.620. The maximum absolute atomic E-state index is 3.16. The van der Waals surface area contributed by atoms with Gasteiger partial charge in [-0.3, -0.25) is 0 Å². The van der Waals surface area contributed by atoms with Crippen LogP contribution in [0.25, 0.3) is 0 Å². The number of likely N-dealkylation sites (N-methyl/N-ethyl adjacent to an activating group) is 1. The molecule has 14 heavy (non-hydrogen) atoms. The monoisotopic (exact) mass is 193 g/mol. The summed E-state index contributed by atoms with van der Waals surface area (Å²) in [6.07, 6.45) is 10.9. The molecule has 0 spiro atoms. The van der Waals surface area contributed by atoms with Gasteiger partial charge in [-0.05, 0) is 12.6 Å². The quantitative estimate of drug-likeness (QED) is 0.709. The molecule has 1 heteroatoms. The Morgan fingerprint density at radius 2 is 1.86 bits per heavy atom. The fraction of sp³-hybridized carbons (Fsp3) is 0.538. The fourth-order valence-corrected chi connectivity index (χ4v) is 1.37. The summed E-state index contributed by atoms with van der Waals surface area (Å²) in [6.45, 7) is 9.37. The molecule has 0 aliphatic heterocycles. The highest BCUT2D eigenvalue weighted by Crippen LogP contribution is 2.23. The predicted molar refractivity (Wildman–Crippen MR) is 65.4 cm³/mol. The van der Waals surface area contributed by atoms with Crippen molar-refractivity contribution in [2.75, 3.05) is 13.6 Å². The van der Waals surface area contributed by atoms with E-state index in [1.165, 1.54) is 5.57 Å². The topological polar surface area (TPSA) is 12.0 Å². The van der Waals surface area contributed by atoms with Crippen LogP contribution in [-0.2, 0) is 0 Å². The van der Waals surface area contributed by atoms with Crippen LogP contribution in [0, 0.1) is 5.41 Å². The predicted octanol–water partition coefficient (Wildman–Crippen LogP) is 3.31. The number of hydrogen-bond acceptors (Lipinski definition) is 1. The highest BCUT2D eigenvalue weighted by molar-refractivity contribution is 5.31. The molecule has 0 amide bonds. The number of nitrogens with one attached hydrogen (secondary N) is 1. The van der Waals surface area contributed by atoms with Gasteiger partial charge in [-0.2, -0.15) is 0 Å². The fourth-order valence-electron chi connectivity index (χ4n) is 1.37. The van der Waals surface area contributed by atoms with Crippen LogP contribution in [0.1, 0.15) is 27.7 Å². The second kappa shape index (κ2) is 6.61. The molecule has 80 valence electrons. The average Bonchev–Trinajstić information content (AvgIpc) is 2.30. The molecule has 0 atom stereocenters. The third kappa shape index (κ3) is 5.03. The molecule has 1 nitrogen and oxygen atoms in total. The van der Waals surface area contributed by atoms with E-state index >= 15 is 0 Å². The summed E-state index contributed by atoms with van der Waals surface area (Å²) in [5.41, 5.74) is 1.54. The third-order valence-electron chi connectivity index (χ3n) is 1.89. The molecule has 0 unspecified atom stereocenters. The largest absolute Gasteiger partial charge is 0.316 e. The molecule has 1 rings (SSSR count). The zero-order valence-electron chi connectivity index (χ0n) is 10.1. The number of hydrogen-bond donors (Lipinski definition) is 1. The van der Waals surface area contributed by atoms with E-state index in [0.29, 0.717) is 0 Å². The lowest BCUT2D eigenvalue weighted by Crippen LogP contribution is -2.12. The molecule has 1 N–H and O–H groups in total. The van der Waals surface area contributed by atoms with Gasteiger partial charge in [-0.15, -0.1) is 0 Å². The summed E-state index contributed by atoms with van der Waals surface area (Å²) in [6, 6.07) is 0. The van der Waals surface area contributed by atoms with Gasteiger partial charge < -0.3 is 5.32 Å². The SMILES string of the molecule is CC.CNCC1=CC(C)(C)C=CC=C1. The van der Waals surface area contributed by atoms with Crippen LogP contribution >= 0.6 is 0 Å². The van der Waals surface area contributed by atoms with Crippen molar-refractivity contribution >= 4 is 0 Å². The molecule has 0 bridgehead atoms. The van der Waals surface area contributed by atoms with Gasteiger partial charge in [0.15, 0.2) is 0 Å². The molecule has 1 aliphatic rings. The molecule has 0 aromatic heterocycles. The smallest absolute Gasteiger partial charge is 0.0199 e. The first-order valence-corrected chi connectivity index (χ1v) is 5.36. The molecule has 0 saturated heterocycles. The summed E-state index contributed by atoms with van der Waals surface area (Å²) in [5, 5.41) is 3.16. The number of allylic oxidation sites excluding steroid dienone is 4. The first-order valence-electron chi connectivity index (χ1n) is 5.36. The van der Waals surface area contributed by atoms with Crippen LogP contribution in [0.15, 0.2) is 36.0 Å². The van der Waals surface area contributed by atoms with Crippen molar-refractivity contribution in [2.24, 2.45) is 5.41 Å². The van der Waals surface area contributed by atoms with Crippen molar-refractivity contribution in [1.29, 1.82) is 0 Å². The zero-order chi connectivity index (χ0) is 11.0. The van der Waals surface area contributed by atoms with Gasteiger partial charge in [0.25, 0.3) is 0 Å². The normalized spacial score (nSPS) is 17.9. The van der Waals surface area contributed by atoms with Gasteiger partial charge in [0.1, 0.15) is 0 Å². The Labute approximate surface area is 88.6 Å². The maximum Gasteiger partial charge on any atom is 0.0199 e. The van der Waals surface area contributed by atoms with Crippen LogP contribution in [-0.4, -0.2) is 13.6 Å². The minimum Gasteiger partial charge on any atom is -0.316 e. The van der Waals surface area contributed by atoms with Crippen LogP contribution in [0.5, 0.6) is 0 Å². The Balaban J connectivity index is 0.000000791. The molecular weight excluding hydrogens is 170 g/mol. The van der Waals surface area contributed by atoms with Crippen LogP contribution in [0.3, 0.4) is 0 Å². The molecule has 0 aromatic carbocycles. The van der Waals surface area contributed by atoms with Crippen molar-refractivity contribution in [3.05, 3.63) is 36.0 Å². The molecule has 0 fully saturated rings. The lowest BCUT2D eigenvalue weighted by atomic mass is 9.91. The van der Waals surface area contributed by atoms with Crippen molar-refractivity contribution in [1.82, 2.24) is 5.32 Å². The Bertz CT molecular complexity index is 232. The van der Waals surface area contributed by atoms with Gasteiger partial charge in [0.05, 0.1) is 0 Å². The van der Waals surface area contributed by atoms with E-state index in [-0.39, 0.29) is 5.41 Å². The average molecular weight is 193 g/mol. The van der Waals surface area contributed by atoms with E-state index < -0.39 is 0 Å². The van der Waals surface area contributed by atoms with E-state index in [4.69, 9.17) is 0 Å². The standard InChI is InChI=1S/C11H17N.C2H6/c1-11(2)7-5-4-6-10(8-11)9-12-3;1-2/h4-8,12H,9H2,1-3H3;1-2H3. The third-order valence-corrected chi connectivity index (χ3v) is 1.89. The Morgan fingerprint density at radius 1 is 1.21 bits per heavy atom. The summed E-state index contributed by atoms with van der Waals surface area (Å²) < 4.78 is 0. The first kappa shape index (κ1) is 13.2. The minimum atomic E-state index is 0.190. The van der Waals surface area contributed by atoms with E-state index in [2.05, 4.69) is 49.5 Å². The summed E-state index contributed by atoms with van der Waals surface area (Å²) in [4.78, 5) is 0. The second-order valence-electron chi connectivity index (χ2n) is 3.79. The molecule has 0 saturated carbocycles. The van der Waals surface area contributed by atoms with E-state index in [9.17, 15) is 0 Å². The maximum atomic E-state index is 3.16. The highest BCUT2D eigenvalue weighted by atomic mass is 14.8. The molecular formula is C13H23N. The molecule has 0 radical (unpaired) electrons. The van der Waals surface area contributed by atoms with Crippen molar-refractivity contribution in [3.8, 4) is 0 Å². The molecule has 0 heterocycles. The second-order valence-corrected chi connectivity index (χ2v) is 3.79. The Kier molecular flexibility index (Phi) is 6.22. The van der Waals surface area contributed by atoms with Crippen molar-refractivity contribution in [2.45, 2.75) is 27.7 Å². The Morgan fingerprint density at radius 3 is 2.43 bits per heavy atom. The molecule has 0 aromatic rings. The summed E-state index contributed by atoms with van der Waals surface area (Å²) >= 11 is 0. The van der Waals surface area contributed by atoms with Crippen LogP contribution in [0.2, 0.25) is 0 Å². The van der Waals surface area contributed by atoms with Crippen molar-refractivity contribution < 1.29 is 0 Å². The zero-order valence-corrected chi connectivity index (χ0v) is 10.1. The van der Waals surface area contributed by atoms with Crippen LogP contribution < -0.4 is 5.32 Å². The Hall–Kier alpha value is -0.820. The van der Waals surface area contributed by atoms with Crippen LogP contribution in [0.4, 0.5) is 0 Å². The highest BCUT2D eigenvalue weighted by Gasteiger charge is 2.11. The minimum absolute atomic E-state index is 0.190. The number of rotatable bonds is 2. The summed E-state index contributed by atoms with van der Waals surface area (Å²) in [5.74, 6) is 0. The van der Waals surface area contributed by atoms with Crippen molar-refractivity contribution in [3.63, 3.8) is 0 Å². The molecule has 1 aliphatic carbocycles. The van der Waals surface area contributed by atoms with E-state index in [1.54, 1.807) is 0 Å². The van der Waals surface area contributed by atoms with Gasteiger partial charge in [-0.25, -0.2) is 0 Å². The van der Waals surface area contributed by atoms with E-state index in [1.807, 2.05) is 20.9 Å². The van der Waals surface area contributed by atoms with Gasteiger partial charge >= 0.3 is 0 Å². The van der Waals surface area contributed by atoms with E-state index in [0.717, 1.165) is 6.54 Å². The lowest BCUT2D eigenvalue weighted by Gasteiger charge is -2.15. The first-order chi connectivity index (χ1) is 6.64. The summed E-state index contributed by atoms with van der Waals surface area (Å²) in [7, 11) is 1.97. The van der Waals surface area contributed by atoms with Gasteiger partial charge in [0, 0.05) is 12.0 Å².